The van der Waals surface area contributed by atoms with Crippen LogP contribution in [0.2, 0.25) is 0 Å². The molecule has 1 aromatic rings. The second-order valence-corrected chi connectivity index (χ2v) is 6.14. The molecule has 1 amide bonds. The second kappa shape index (κ2) is 8.97. The third kappa shape index (κ3) is 5.99. The maximum atomic E-state index is 11.9. The van der Waals surface area contributed by atoms with Crippen molar-refractivity contribution >= 4 is 23.3 Å². The van der Waals surface area contributed by atoms with Crippen molar-refractivity contribution in [3.05, 3.63) is 28.5 Å². The van der Waals surface area contributed by atoms with Crippen LogP contribution in [0.3, 0.4) is 0 Å². The van der Waals surface area contributed by atoms with Crippen LogP contribution in [0.5, 0.6) is 0 Å². The normalized spacial score (nSPS) is 17.4. The highest BCUT2D eigenvalue weighted by molar-refractivity contribution is 7.08. The van der Waals surface area contributed by atoms with E-state index < -0.39 is 0 Å². The molecule has 21 heavy (non-hydrogen) atoms. The molecule has 0 aromatic carbocycles. The molecule has 116 valence electrons. The number of carbonyl (C=O) groups excluding carboxylic acids is 1. The molecule has 0 radical (unpaired) electrons. The molecular formula is C16H24N2O2S. The molecule has 0 bridgehead atoms. The number of nitrogens with one attached hydrogen (secondary N) is 1. The van der Waals surface area contributed by atoms with Crippen LogP contribution in [-0.4, -0.2) is 50.2 Å². The van der Waals surface area contributed by atoms with E-state index in [2.05, 4.69) is 10.2 Å². The first-order chi connectivity index (χ1) is 10.3. The van der Waals surface area contributed by atoms with E-state index in [1.54, 1.807) is 24.5 Å². The minimum atomic E-state index is 0.0130. The van der Waals surface area contributed by atoms with E-state index in [0.29, 0.717) is 6.04 Å². The Morgan fingerprint density at radius 1 is 1.52 bits per heavy atom. The fourth-order valence-electron chi connectivity index (χ4n) is 2.52. The summed E-state index contributed by atoms with van der Waals surface area (Å²) in [6.07, 6.45) is 6.64. The Morgan fingerprint density at radius 3 is 3.00 bits per heavy atom. The summed E-state index contributed by atoms with van der Waals surface area (Å²) < 4.78 is 5.07. The highest BCUT2D eigenvalue weighted by Gasteiger charge is 2.19. The predicted molar refractivity (Wildman–Crippen MR) is 87.5 cm³/mol. The fraction of sp³-hybridized carbons (Fsp3) is 0.562. The van der Waals surface area contributed by atoms with Gasteiger partial charge >= 0.3 is 0 Å². The SMILES string of the molecule is COCCCN1CCC(NC(=O)/C=C\c2ccsc2)CC1. The summed E-state index contributed by atoms with van der Waals surface area (Å²) in [4.78, 5) is 14.3. The van der Waals surface area contributed by atoms with Crippen LogP contribution in [0.15, 0.2) is 22.9 Å². The molecule has 1 aliphatic rings. The van der Waals surface area contributed by atoms with Gasteiger partial charge in [0.1, 0.15) is 0 Å². The number of rotatable bonds is 7. The van der Waals surface area contributed by atoms with Gasteiger partial charge in [-0.2, -0.15) is 11.3 Å². The van der Waals surface area contributed by atoms with Gasteiger partial charge in [-0.25, -0.2) is 0 Å². The minimum absolute atomic E-state index is 0.0130. The molecule has 4 nitrogen and oxygen atoms in total. The zero-order chi connectivity index (χ0) is 14.9. The number of carbonyl (C=O) groups is 1. The van der Waals surface area contributed by atoms with E-state index >= 15 is 0 Å². The van der Waals surface area contributed by atoms with E-state index in [9.17, 15) is 4.79 Å². The van der Waals surface area contributed by atoms with Crippen LogP contribution in [-0.2, 0) is 9.53 Å². The predicted octanol–water partition coefficient (Wildman–Crippen LogP) is 2.38. The van der Waals surface area contributed by atoms with Gasteiger partial charge in [-0.3, -0.25) is 4.79 Å². The Labute approximate surface area is 130 Å². The van der Waals surface area contributed by atoms with Crippen molar-refractivity contribution in [1.29, 1.82) is 0 Å². The van der Waals surface area contributed by atoms with Gasteiger partial charge < -0.3 is 15.0 Å². The number of methoxy groups -OCH3 is 1. The number of amides is 1. The molecule has 5 heteroatoms. The number of ether oxygens (including phenoxy) is 1. The third-order valence-electron chi connectivity index (χ3n) is 3.73. The highest BCUT2D eigenvalue weighted by atomic mass is 32.1. The molecule has 1 aromatic heterocycles. The monoisotopic (exact) mass is 308 g/mol. The Kier molecular flexibility index (Phi) is 6.92. The largest absolute Gasteiger partial charge is 0.385 e. The number of hydrogen-bond acceptors (Lipinski definition) is 4. The molecule has 1 N–H and O–H groups in total. The van der Waals surface area contributed by atoms with Gasteiger partial charge in [0.05, 0.1) is 0 Å². The quantitative estimate of drug-likeness (QED) is 0.621. The van der Waals surface area contributed by atoms with Crippen LogP contribution >= 0.6 is 11.3 Å². The lowest BCUT2D eigenvalue weighted by atomic mass is 10.0. The fourth-order valence-corrected chi connectivity index (χ4v) is 3.15. The first-order valence-corrected chi connectivity index (χ1v) is 8.44. The smallest absolute Gasteiger partial charge is 0.244 e. The van der Waals surface area contributed by atoms with Crippen LogP contribution in [0, 0.1) is 0 Å². The van der Waals surface area contributed by atoms with Crippen molar-refractivity contribution in [2.45, 2.75) is 25.3 Å². The summed E-state index contributed by atoms with van der Waals surface area (Å²) in [7, 11) is 1.74. The van der Waals surface area contributed by atoms with E-state index in [4.69, 9.17) is 4.74 Å². The number of piperidine rings is 1. The first-order valence-electron chi connectivity index (χ1n) is 7.50. The lowest BCUT2D eigenvalue weighted by molar-refractivity contribution is -0.117. The molecule has 0 atom stereocenters. The van der Waals surface area contributed by atoms with E-state index in [-0.39, 0.29) is 5.91 Å². The molecule has 2 heterocycles. The standard InChI is InChI=1S/C16H24N2O2S/c1-20-11-2-8-18-9-5-15(6-10-18)17-16(19)4-3-14-7-12-21-13-14/h3-4,7,12-13,15H,2,5-6,8-11H2,1H3,(H,17,19)/b4-3-. The zero-order valence-corrected chi connectivity index (χ0v) is 13.4. The molecular weight excluding hydrogens is 284 g/mol. The second-order valence-electron chi connectivity index (χ2n) is 5.36. The highest BCUT2D eigenvalue weighted by Crippen LogP contribution is 2.11. The van der Waals surface area contributed by atoms with Gasteiger partial charge in [-0.15, -0.1) is 0 Å². The van der Waals surface area contributed by atoms with E-state index in [1.165, 1.54) is 0 Å². The Balaban J connectivity index is 1.65. The van der Waals surface area contributed by atoms with Gasteiger partial charge in [0.15, 0.2) is 0 Å². The van der Waals surface area contributed by atoms with Crippen LogP contribution in [0.25, 0.3) is 6.08 Å². The molecule has 0 aliphatic carbocycles. The van der Waals surface area contributed by atoms with Crippen molar-refractivity contribution in [3.8, 4) is 0 Å². The van der Waals surface area contributed by atoms with Crippen molar-refractivity contribution < 1.29 is 9.53 Å². The zero-order valence-electron chi connectivity index (χ0n) is 12.6. The lowest BCUT2D eigenvalue weighted by Gasteiger charge is -2.32. The van der Waals surface area contributed by atoms with Crippen LogP contribution < -0.4 is 5.32 Å². The Bertz CT molecular complexity index is 437. The number of hydrogen-bond donors (Lipinski definition) is 1. The van der Waals surface area contributed by atoms with Gasteiger partial charge in [-0.1, -0.05) is 0 Å². The van der Waals surface area contributed by atoms with Crippen molar-refractivity contribution in [2.75, 3.05) is 33.4 Å². The summed E-state index contributed by atoms with van der Waals surface area (Å²) in [6.45, 7) is 4.03. The lowest BCUT2D eigenvalue weighted by Crippen LogP contribution is -2.44. The maximum absolute atomic E-state index is 11.9. The van der Waals surface area contributed by atoms with Crippen LogP contribution in [0.4, 0.5) is 0 Å². The molecule has 0 unspecified atom stereocenters. The van der Waals surface area contributed by atoms with Crippen LogP contribution in [0.1, 0.15) is 24.8 Å². The summed E-state index contributed by atoms with van der Waals surface area (Å²) in [5.41, 5.74) is 1.09. The molecule has 1 fully saturated rings. The molecule has 0 saturated carbocycles. The molecule has 2 rings (SSSR count). The molecule has 0 spiro atoms. The molecule has 1 aliphatic heterocycles. The van der Waals surface area contributed by atoms with Crippen molar-refractivity contribution in [2.24, 2.45) is 0 Å². The van der Waals surface area contributed by atoms with E-state index in [1.807, 2.05) is 22.9 Å². The number of likely N-dealkylation sites (tertiary alicyclic amines) is 1. The average Bonchev–Trinajstić information content (AvgIpc) is 3.01. The van der Waals surface area contributed by atoms with Gasteiger partial charge in [0.25, 0.3) is 0 Å². The molecule has 1 saturated heterocycles. The van der Waals surface area contributed by atoms with Crippen molar-refractivity contribution in [3.63, 3.8) is 0 Å². The number of nitrogens with zero attached hydrogens (tertiary/aromatic N) is 1. The number of thiophene rings is 1. The maximum Gasteiger partial charge on any atom is 0.244 e. The first kappa shape index (κ1) is 16.2. The summed E-state index contributed by atoms with van der Waals surface area (Å²) >= 11 is 1.64. The topological polar surface area (TPSA) is 41.6 Å². The van der Waals surface area contributed by atoms with E-state index in [0.717, 1.165) is 51.1 Å². The average molecular weight is 308 g/mol. The van der Waals surface area contributed by atoms with Gasteiger partial charge in [0, 0.05) is 45.5 Å². The minimum Gasteiger partial charge on any atom is -0.385 e. The Morgan fingerprint density at radius 2 is 2.33 bits per heavy atom. The summed E-state index contributed by atoms with van der Waals surface area (Å²) in [5.74, 6) is 0.0130. The van der Waals surface area contributed by atoms with Gasteiger partial charge in [0.2, 0.25) is 5.91 Å². The summed E-state index contributed by atoms with van der Waals surface area (Å²) in [5, 5.41) is 7.14. The third-order valence-corrected chi connectivity index (χ3v) is 4.43. The Hall–Kier alpha value is -1.17. The van der Waals surface area contributed by atoms with Gasteiger partial charge in [-0.05, 0) is 47.7 Å². The summed E-state index contributed by atoms with van der Waals surface area (Å²) in [6, 6.07) is 2.32. The van der Waals surface area contributed by atoms with Crippen molar-refractivity contribution in [1.82, 2.24) is 10.2 Å².